The van der Waals surface area contributed by atoms with Gasteiger partial charge in [0.15, 0.2) is 0 Å². The number of hydrogen-bond acceptors (Lipinski definition) is 3. The van der Waals surface area contributed by atoms with Crippen molar-refractivity contribution in [2.45, 2.75) is 26.7 Å². The molecule has 0 unspecified atom stereocenters. The fraction of sp³-hybridized carbons (Fsp3) is 0.550. The predicted molar refractivity (Wildman–Crippen MR) is 98.3 cm³/mol. The van der Waals surface area contributed by atoms with E-state index in [0.717, 1.165) is 5.56 Å². The van der Waals surface area contributed by atoms with Crippen molar-refractivity contribution in [3.63, 3.8) is 0 Å². The number of carbonyl (C=O) groups excluding carboxylic acids is 3. The molecule has 2 aliphatic heterocycles. The largest absolute Gasteiger partial charge is 0.342 e. The van der Waals surface area contributed by atoms with Gasteiger partial charge in [-0.3, -0.25) is 14.4 Å². The van der Waals surface area contributed by atoms with E-state index in [1.165, 1.54) is 0 Å². The SMILES string of the molecule is CCN1C[C@@]2(CC1=O)CN(C(C)=O)CCN(C(=O)Cc1ccccc1)C2. The normalized spacial score (nSPS) is 23.5. The molecular weight excluding hydrogens is 330 g/mol. The average molecular weight is 357 g/mol. The van der Waals surface area contributed by atoms with E-state index in [9.17, 15) is 14.4 Å². The van der Waals surface area contributed by atoms with Gasteiger partial charge >= 0.3 is 0 Å². The van der Waals surface area contributed by atoms with E-state index in [-0.39, 0.29) is 23.1 Å². The summed E-state index contributed by atoms with van der Waals surface area (Å²) < 4.78 is 0. The number of likely N-dealkylation sites (tertiary alicyclic amines) is 1. The van der Waals surface area contributed by atoms with Crippen LogP contribution < -0.4 is 0 Å². The van der Waals surface area contributed by atoms with Crippen molar-refractivity contribution in [2.24, 2.45) is 5.41 Å². The number of amides is 3. The molecule has 2 fully saturated rings. The van der Waals surface area contributed by atoms with Crippen LogP contribution in [0.25, 0.3) is 0 Å². The van der Waals surface area contributed by atoms with Gasteiger partial charge in [-0.25, -0.2) is 0 Å². The van der Waals surface area contributed by atoms with Crippen molar-refractivity contribution in [2.75, 3.05) is 39.3 Å². The van der Waals surface area contributed by atoms with Crippen molar-refractivity contribution in [3.8, 4) is 0 Å². The van der Waals surface area contributed by atoms with Crippen molar-refractivity contribution in [1.82, 2.24) is 14.7 Å². The maximum absolute atomic E-state index is 12.9. The summed E-state index contributed by atoms with van der Waals surface area (Å²) in [6.45, 7) is 6.92. The van der Waals surface area contributed by atoms with Gasteiger partial charge in [-0.15, -0.1) is 0 Å². The second-order valence-electron chi connectivity index (χ2n) is 7.50. The lowest BCUT2D eigenvalue weighted by Crippen LogP contribution is -2.45. The van der Waals surface area contributed by atoms with Gasteiger partial charge in [-0.1, -0.05) is 30.3 Å². The van der Waals surface area contributed by atoms with Crippen LogP contribution >= 0.6 is 0 Å². The highest BCUT2D eigenvalue weighted by molar-refractivity contribution is 5.82. The van der Waals surface area contributed by atoms with Crippen LogP contribution in [0.4, 0.5) is 0 Å². The highest BCUT2D eigenvalue weighted by Gasteiger charge is 2.47. The van der Waals surface area contributed by atoms with E-state index in [1.54, 1.807) is 11.8 Å². The highest BCUT2D eigenvalue weighted by Crippen LogP contribution is 2.35. The first kappa shape index (κ1) is 18.4. The van der Waals surface area contributed by atoms with E-state index in [0.29, 0.717) is 52.1 Å². The summed E-state index contributed by atoms with van der Waals surface area (Å²) in [7, 11) is 0. The molecular formula is C20H27N3O3. The number of carbonyl (C=O) groups is 3. The zero-order valence-corrected chi connectivity index (χ0v) is 15.6. The van der Waals surface area contributed by atoms with Crippen molar-refractivity contribution < 1.29 is 14.4 Å². The maximum Gasteiger partial charge on any atom is 0.227 e. The molecule has 0 bridgehead atoms. The van der Waals surface area contributed by atoms with Crippen LogP contribution in [0, 0.1) is 5.41 Å². The lowest BCUT2D eigenvalue weighted by atomic mass is 9.85. The van der Waals surface area contributed by atoms with Crippen LogP contribution in [0.1, 0.15) is 25.8 Å². The molecule has 1 atom stereocenters. The summed E-state index contributed by atoms with van der Waals surface area (Å²) in [4.78, 5) is 42.7. The first-order valence-corrected chi connectivity index (χ1v) is 9.27. The Hall–Kier alpha value is -2.37. The molecule has 0 aromatic heterocycles. The fourth-order valence-corrected chi connectivity index (χ4v) is 4.10. The number of benzene rings is 1. The van der Waals surface area contributed by atoms with Crippen molar-refractivity contribution in [3.05, 3.63) is 35.9 Å². The summed E-state index contributed by atoms with van der Waals surface area (Å²) in [5.74, 6) is 0.181. The number of nitrogens with zero attached hydrogens (tertiary/aromatic N) is 3. The topological polar surface area (TPSA) is 60.9 Å². The molecule has 0 N–H and O–H groups in total. The molecule has 1 aromatic rings. The minimum atomic E-state index is -0.360. The Kier molecular flexibility index (Phi) is 5.30. The summed E-state index contributed by atoms with van der Waals surface area (Å²) >= 11 is 0. The molecule has 0 aliphatic carbocycles. The molecule has 6 nitrogen and oxygen atoms in total. The molecule has 0 saturated carbocycles. The van der Waals surface area contributed by atoms with Crippen LogP contribution in [0.15, 0.2) is 30.3 Å². The standard InChI is InChI=1S/C20H27N3O3/c1-3-21-13-20(12-19(21)26)14-22(16(2)24)9-10-23(15-20)18(25)11-17-7-5-4-6-8-17/h4-8H,3,9-15H2,1-2H3/t20-/m0/s1. The van der Waals surface area contributed by atoms with E-state index < -0.39 is 0 Å². The molecule has 2 heterocycles. The first-order chi connectivity index (χ1) is 12.4. The number of rotatable bonds is 3. The molecule has 2 aliphatic rings. The Bertz CT molecular complexity index is 691. The molecule has 2 saturated heterocycles. The zero-order chi connectivity index (χ0) is 18.7. The molecule has 1 aromatic carbocycles. The van der Waals surface area contributed by atoms with E-state index in [1.807, 2.05) is 47.1 Å². The molecule has 0 radical (unpaired) electrons. The van der Waals surface area contributed by atoms with Crippen LogP contribution in [-0.4, -0.2) is 71.7 Å². The van der Waals surface area contributed by atoms with Gasteiger partial charge < -0.3 is 14.7 Å². The summed E-state index contributed by atoms with van der Waals surface area (Å²) in [6, 6.07) is 9.69. The predicted octanol–water partition coefficient (Wildman–Crippen LogP) is 1.16. The quantitative estimate of drug-likeness (QED) is 0.816. The second-order valence-corrected chi connectivity index (χ2v) is 7.50. The molecule has 6 heteroatoms. The van der Waals surface area contributed by atoms with Crippen LogP contribution in [0.3, 0.4) is 0 Å². The van der Waals surface area contributed by atoms with E-state index >= 15 is 0 Å². The number of hydrogen-bond donors (Lipinski definition) is 0. The lowest BCUT2D eigenvalue weighted by Gasteiger charge is -2.33. The third kappa shape index (κ3) is 3.89. The highest BCUT2D eigenvalue weighted by atomic mass is 16.2. The van der Waals surface area contributed by atoms with Crippen molar-refractivity contribution >= 4 is 17.7 Å². The minimum absolute atomic E-state index is 0.00382. The molecule has 3 amide bonds. The smallest absolute Gasteiger partial charge is 0.227 e. The van der Waals surface area contributed by atoms with Crippen LogP contribution in [0.5, 0.6) is 0 Å². The second kappa shape index (κ2) is 7.48. The van der Waals surface area contributed by atoms with Gasteiger partial charge in [0, 0.05) is 58.0 Å². The van der Waals surface area contributed by atoms with E-state index in [2.05, 4.69) is 0 Å². The summed E-state index contributed by atoms with van der Waals surface area (Å²) in [5, 5.41) is 0. The third-order valence-corrected chi connectivity index (χ3v) is 5.48. The van der Waals surface area contributed by atoms with Gasteiger partial charge in [0.1, 0.15) is 0 Å². The zero-order valence-electron chi connectivity index (χ0n) is 15.6. The molecule has 26 heavy (non-hydrogen) atoms. The Morgan fingerprint density at radius 1 is 1.04 bits per heavy atom. The average Bonchev–Trinajstić information content (AvgIpc) is 2.80. The summed E-state index contributed by atoms with van der Waals surface area (Å²) in [6.07, 6.45) is 0.752. The van der Waals surface area contributed by atoms with Crippen LogP contribution in [0.2, 0.25) is 0 Å². The minimum Gasteiger partial charge on any atom is -0.342 e. The Balaban J connectivity index is 1.80. The Morgan fingerprint density at radius 2 is 1.69 bits per heavy atom. The van der Waals surface area contributed by atoms with Gasteiger partial charge in [-0.05, 0) is 12.5 Å². The molecule has 1 spiro atoms. The van der Waals surface area contributed by atoms with Gasteiger partial charge in [0.2, 0.25) is 17.7 Å². The Morgan fingerprint density at radius 3 is 2.31 bits per heavy atom. The lowest BCUT2D eigenvalue weighted by molar-refractivity contribution is -0.132. The van der Waals surface area contributed by atoms with Gasteiger partial charge in [-0.2, -0.15) is 0 Å². The maximum atomic E-state index is 12.9. The van der Waals surface area contributed by atoms with Crippen molar-refractivity contribution in [1.29, 1.82) is 0 Å². The van der Waals surface area contributed by atoms with E-state index in [4.69, 9.17) is 0 Å². The van der Waals surface area contributed by atoms with Crippen LogP contribution in [-0.2, 0) is 20.8 Å². The summed E-state index contributed by atoms with van der Waals surface area (Å²) in [5.41, 5.74) is 0.624. The first-order valence-electron chi connectivity index (χ1n) is 9.27. The van der Waals surface area contributed by atoms with Gasteiger partial charge in [0.05, 0.1) is 6.42 Å². The molecule has 3 rings (SSSR count). The molecule has 140 valence electrons. The van der Waals surface area contributed by atoms with Gasteiger partial charge in [0.25, 0.3) is 0 Å². The Labute approximate surface area is 154 Å². The fourth-order valence-electron chi connectivity index (χ4n) is 4.10. The third-order valence-electron chi connectivity index (χ3n) is 5.48. The monoisotopic (exact) mass is 357 g/mol.